The number of aromatic nitrogens is 1. The average molecular weight is 477 g/mol. The van der Waals surface area contributed by atoms with Crippen molar-refractivity contribution in [1.82, 2.24) is 4.98 Å². The molecule has 0 bridgehead atoms. The molecule has 1 N–H and O–H groups in total. The lowest BCUT2D eigenvalue weighted by Gasteiger charge is -2.26. The van der Waals surface area contributed by atoms with E-state index in [1.165, 1.54) is 11.3 Å². The summed E-state index contributed by atoms with van der Waals surface area (Å²) in [7, 11) is -3.24. The number of sulfone groups is 1. The quantitative estimate of drug-likeness (QED) is 0.561. The molecular weight excluding hydrogens is 444 g/mol. The van der Waals surface area contributed by atoms with Crippen molar-refractivity contribution in [2.24, 2.45) is 11.8 Å². The minimum atomic E-state index is -3.24. The van der Waals surface area contributed by atoms with Crippen molar-refractivity contribution in [3.63, 3.8) is 0 Å². The summed E-state index contributed by atoms with van der Waals surface area (Å²) < 4.78 is 30.6. The molecule has 0 radical (unpaired) electrons. The summed E-state index contributed by atoms with van der Waals surface area (Å²) in [6.07, 6.45) is 4.96. The monoisotopic (exact) mass is 476 g/mol. The van der Waals surface area contributed by atoms with E-state index >= 15 is 0 Å². The molecule has 32 heavy (non-hydrogen) atoms. The normalized spacial score (nSPS) is 18.6. The van der Waals surface area contributed by atoms with E-state index in [9.17, 15) is 13.2 Å². The largest absolute Gasteiger partial charge is 0.381 e. The second-order valence-electron chi connectivity index (χ2n) is 9.39. The molecule has 1 saturated heterocycles. The molecule has 0 unspecified atom stereocenters. The van der Waals surface area contributed by atoms with Crippen molar-refractivity contribution in [1.29, 1.82) is 0 Å². The maximum absolute atomic E-state index is 13.3. The lowest BCUT2D eigenvalue weighted by molar-refractivity contribution is -0.118. The molecule has 1 aliphatic carbocycles. The highest BCUT2D eigenvalue weighted by Crippen LogP contribution is 2.35. The molecule has 1 atom stereocenters. The molecule has 1 aliphatic heterocycles. The van der Waals surface area contributed by atoms with Gasteiger partial charge in [0.2, 0.25) is 5.91 Å². The number of hydrogen-bond donors (Lipinski definition) is 1. The van der Waals surface area contributed by atoms with Gasteiger partial charge in [-0.05, 0) is 68.1 Å². The molecule has 2 heterocycles. The van der Waals surface area contributed by atoms with E-state index in [2.05, 4.69) is 24.1 Å². The Labute approximate surface area is 194 Å². The van der Waals surface area contributed by atoms with Gasteiger partial charge in [0.1, 0.15) is 0 Å². The zero-order valence-electron chi connectivity index (χ0n) is 18.7. The van der Waals surface area contributed by atoms with Gasteiger partial charge in [-0.25, -0.2) is 13.4 Å². The standard InChI is InChI=1S/C24H32N2O4S2/c1-16(2)13-19-15-31-24(25-19)26-23(27)22(14-17-9-11-30-12-10-17)18-3-5-20(6-4-18)32(28,29)21-7-8-21/h3-6,15-17,21-22H,7-14H2,1-2H3,(H,25,26,27)/t22-/m1/s1. The minimum absolute atomic E-state index is 0.0836. The Hall–Kier alpha value is -1.77. The third-order valence-corrected chi connectivity index (χ3v) is 9.28. The Morgan fingerprint density at radius 3 is 2.47 bits per heavy atom. The van der Waals surface area contributed by atoms with Gasteiger partial charge in [-0.1, -0.05) is 26.0 Å². The number of amides is 1. The first-order valence-electron chi connectivity index (χ1n) is 11.5. The summed E-state index contributed by atoms with van der Waals surface area (Å²) in [6, 6.07) is 6.95. The van der Waals surface area contributed by atoms with Gasteiger partial charge in [-0.3, -0.25) is 4.79 Å². The van der Waals surface area contributed by atoms with E-state index in [1.807, 2.05) is 17.5 Å². The van der Waals surface area contributed by atoms with Gasteiger partial charge in [0.05, 0.1) is 21.8 Å². The fourth-order valence-corrected chi connectivity index (χ4v) is 6.62. The topological polar surface area (TPSA) is 85.4 Å². The number of nitrogens with one attached hydrogen (secondary N) is 1. The van der Waals surface area contributed by atoms with Crippen LogP contribution in [0.15, 0.2) is 34.5 Å². The predicted octanol–water partition coefficient (Wildman–Crippen LogP) is 4.82. The van der Waals surface area contributed by atoms with Crippen molar-refractivity contribution in [3.8, 4) is 0 Å². The van der Waals surface area contributed by atoms with Gasteiger partial charge in [-0.2, -0.15) is 0 Å². The van der Waals surface area contributed by atoms with E-state index in [1.54, 1.807) is 12.1 Å². The van der Waals surface area contributed by atoms with Crippen molar-refractivity contribution in [2.45, 2.75) is 68.4 Å². The second kappa shape index (κ2) is 10.0. The third-order valence-electron chi connectivity index (χ3n) is 6.20. The Kier molecular flexibility index (Phi) is 7.32. The second-order valence-corrected chi connectivity index (χ2v) is 12.5. The Balaban J connectivity index is 1.52. The highest BCUT2D eigenvalue weighted by Gasteiger charge is 2.37. The molecular formula is C24H32N2O4S2. The van der Waals surface area contributed by atoms with Gasteiger partial charge in [0.15, 0.2) is 15.0 Å². The van der Waals surface area contributed by atoms with E-state index < -0.39 is 9.84 Å². The zero-order chi connectivity index (χ0) is 22.7. The van der Waals surface area contributed by atoms with Gasteiger partial charge in [0, 0.05) is 18.6 Å². The molecule has 2 aliphatic rings. The summed E-state index contributed by atoms with van der Waals surface area (Å²) in [6.45, 7) is 5.74. The fourth-order valence-electron chi connectivity index (χ4n) is 4.24. The van der Waals surface area contributed by atoms with Crippen molar-refractivity contribution < 1.29 is 17.9 Å². The summed E-state index contributed by atoms with van der Waals surface area (Å²) in [4.78, 5) is 18.3. The first-order valence-corrected chi connectivity index (χ1v) is 13.9. The summed E-state index contributed by atoms with van der Waals surface area (Å²) in [5, 5.41) is 5.40. The van der Waals surface area contributed by atoms with Crippen LogP contribution in [0.1, 0.15) is 63.1 Å². The highest BCUT2D eigenvalue weighted by atomic mass is 32.2. The van der Waals surface area contributed by atoms with E-state index in [0.29, 0.717) is 28.3 Å². The number of nitrogens with zero attached hydrogens (tertiary/aromatic N) is 1. The van der Waals surface area contributed by atoms with Crippen molar-refractivity contribution in [2.75, 3.05) is 18.5 Å². The van der Waals surface area contributed by atoms with Crippen LogP contribution in [0.2, 0.25) is 0 Å². The molecule has 1 amide bonds. The molecule has 174 valence electrons. The predicted molar refractivity (Wildman–Crippen MR) is 127 cm³/mol. The molecule has 2 fully saturated rings. The van der Waals surface area contributed by atoms with Gasteiger partial charge >= 0.3 is 0 Å². The molecule has 4 rings (SSSR count). The molecule has 1 aromatic carbocycles. The minimum Gasteiger partial charge on any atom is -0.381 e. The van der Waals surface area contributed by atoms with E-state index in [4.69, 9.17) is 4.74 Å². The first-order chi connectivity index (χ1) is 15.3. The van der Waals surface area contributed by atoms with Crippen LogP contribution < -0.4 is 5.32 Å². The molecule has 1 aromatic heterocycles. The first kappa shape index (κ1) is 23.4. The van der Waals surface area contributed by atoms with E-state index in [0.717, 1.165) is 56.6 Å². The van der Waals surface area contributed by atoms with Crippen molar-refractivity contribution in [3.05, 3.63) is 40.9 Å². The lowest BCUT2D eigenvalue weighted by atomic mass is 9.84. The summed E-state index contributed by atoms with van der Waals surface area (Å²) in [5.41, 5.74) is 1.85. The van der Waals surface area contributed by atoms with Gasteiger partial charge in [0.25, 0.3) is 0 Å². The third kappa shape index (κ3) is 5.77. The highest BCUT2D eigenvalue weighted by molar-refractivity contribution is 7.92. The van der Waals surface area contributed by atoms with Crippen LogP contribution in [0.5, 0.6) is 0 Å². The number of ether oxygens (including phenoxy) is 1. The summed E-state index contributed by atoms with van der Waals surface area (Å²) in [5.74, 6) is 0.475. The van der Waals surface area contributed by atoms with Crippen LogP contribution in [0.4, 0.5) is 5.13 Å². The molecule has 0 spiro atoms. The Bertz CT molecular complexity index is 1020. The number of anilines is 1. The number of thiazole rings is 1. The molecule has 6 nitrogen and oxygen atoms in total. The maximum Gasteiger partial charge on any atom is 0.233 e. The van der Waals surface area contributed by atoms with Crippen LogP contribution in [0.25, 0.3) is 0 Å². The van der Waals surface area contributed by atoms with Crippen LogP contribution in [0.3, 0.4) is 0 Å². The Morgan fingerprint density at radius 2 is 1.84 bits per heavy atom. The van der Waals surface area contributed by atoms with Crippen LogP contribution in [-0.2, 0) is 25.8 Å². The molecule has 1 saturated carbocycles. The SMILES string of the molecule is CC(C)Cc1csc(NC(=O)[C@H](CC2CCOCC2)c2ccc(S(=O)(=O)C3CC3)cc2)n1. The lowest BCUT2D eigenvalue weighted by Crippen LogP contribution is -2.26. The Morgan fingerprint density at radius 1 is 1.16 bits per heavy atom. The zero-order valence-corrected chi connectivity index (χ0v) is 20.4. The van der Waals surface area contributed by atoms with Crippen LogP contribution >= 0.6 is 11.3 Å². The summed E-state index contributed by atoms with van der Waals surface area (Å²) >= 11 is 1.45. The van der Waals surface area contributed by atoms with Crippen LogP contribution in [-0.4, -0.2) is 37.8 Å². The number of rotatable bonds is 9. The maximum atomic E-state index is 13.3. The number of hydrogen-bond acceptors (Lipinski definition) is 6. The van der Waals surface area contributed by atoms with E-state index in [-0.39, 0.29) is 17.1 Å². The number of carbonyl (C=O) groups excluding carboxylic acids is 1. The van der Waals surface area contributed by atoms with Gasteiger partial charge in [-0.15, -0.1) is 11.3 Å². The van der Waals surface area contributed by atoms with Crippen molar-refractivity contribution >= 4 is 32.2 Å². The number of carbonyl (C=O) groups is 1. The van der Waals surface area contributed by atoms with Crippen LogP contribution in [0, 0.1) is 11.8 Å². The smallest absolute Gasteiger partial charge is 0.233 e. The van der Waals surface area contributed by atoms with Gasteiger partial charge < -0.3 is 10.1 Å². The number of benzene rings is 1. The fraction of sp³-hybridized carbons (Fsp3) is 0.583. The molecule has 8 heteroatoms. The molecule has 2 aromatic rings. The average Bonchev–Trinajstić information content (AvgIpc) is 3.55.